The molecule has 0 fully saturated rings. The molecule has 0 atom stereocenters. The summed E-state index contributed by atoms with van der Waals surface area (Å²) in [5.41, 5.74) is 3.12. The molecular formula is C16H17N3O. The Bertz CT molecular complexity index is 706. The number of nitrogens with zero attached hydrogens (tertiary/aromatic N) is 1. The van der Waals surface area contributed by atoms with Crippen molar-refractivity contribution in [3.63, 3.8) is 0 Å². The summed E-state index contributed by atoms with van der Waals surface area (Å²) in [6, 6.07) is 12.2. The zero-order valence-corrected chi connectivity index (χ0v) is 11.4. The van der Waals surface area contributed by atoms with E-state index in [4.69, 9.17) is 4.74 Å². The van der Waals surface area contributed by atoms with E-state index >= 15 is 0 Å². The maximum Gasteiger partial charge on any atom is 0.137 e. The lowest BCUT2D eigenvalue weighted by molar-refractivity contribution is 0.319. The number of rotatable bonds is 5. The molecule has 0 saturated carbocycles. The normalized spacial score (nSPS) is 10.8. The second kappa shape index (κ2) is 5.75. The minimum absolute atomic E-state index is 0.648. The van der Waals surface area contributed by atoms with Crippen LogP contribution in [0.1, 0.15) is 0 Å². The van der Waals surface area contributed by atoms with Gasteiger partial charge in [-0.3, -0.25) is 0 Å². The molecule has 0 bridgehead atoms. The molecule has 0 unspecified atom stereocenters. The molecule has 102 valence electrons. The van der Waals surface area contributed by atoms with Crippen LogP contribution in [0.2, 0.25) is 0 Å². The predicted molar refractivity (Wildman–Crippen MR) is 81.0 cm³/mol. The molecule has 4 heteroatoms. The highest BCUT2D eigenvalue weighted by molar-refractivity contribution is 5.94. The largest absolute Gasteiger partial charge is 0.492 e. The van der Waals surface area contributed by atoms with Crippen molar-refractivity contribution in [2.45, 2.75) is 0 Å². The Hall–Kier alpha value is -2.33. The summed E-state index contributed by atoms with van der Waals surface area (Å²) in [7, 11) is 1.92. The molecule has 2 heterocycles. The molecule has 3 rings (SSSR count). The first-order valence-corrected chi connectivity index (χ1v) is 6.69. The van der Waals surface area contributed by atoms with Crippen LogP contribution in [0, 0.1) is 0 Å². The fraction of sp³-hybridized carbons (Fsp3) is 0.188. The third-order valence-electron chi connectivity index (χ3n) is 3.25. The minimum atomic E-state index is 0.648. The van der Waals surface area contributed by atoms with Crippen molar-refractivity contribution in [1.82, 2.24) is 15.3 Å². The summed E-state index contributed by atoms with van der Waals surface area (Å²) >= 11 is 0. The van der Waals surface area contributed by atoms with Crippen LogP contribution in [0.25, 0.3) is 22.2 Å². The number of hydrogen-bond acceptors (Lipinski definition) is 3. The van der Waals surface area contributed by atoms with Gasteiger partial charge in [0, 0.05) is 29.9 Å². The van der Waals surface area contributed by atoms with Crippen molar-refractivity contribution < 1.29 is 4.74 Å². The Labute approximate surface area is 117 Å². The highest BCUT2D eigenvalue weighted by Gasteiger charge is 2.10. The van der Waals surface area contributed by atoms with Crippen molar-refractivity contribution in [2.24, 2.45) is 0 Å². The SMILES string of the molecule is CNCCOc1ccccc1-c1ccnc2[nH]ccc12. The number of benzene rings is 1. The Balaban J connectivity index is 2.03. The van der Waals surface area contributed by atoms with Gasteiger partial charge >= 0.3 is 0 Å². The van der Waals surface area contributed by atoms with Crippen molar-refractivity contribution >= 4 is 11.0 Å². The van der Waals surface area contributed by atoms with Crippen LogP contribution in [0.5, 0.6) is 5.75 Å². The first-order chi connectivity index (χ1) is 9.90. The maximum absolute atomic E-state index is 5.86. The van der Waals surface area contributed by atoms with Gasteiger partial charge < -0.3 is 15.0 Å². The molecule has 2 aromatic heterocycles. The molecule has 0 spiro atoms. The molecule has 0 aliphatic carbocycles. The van der Waals surface area contributed by atoms with Crippen LogP contribution in [0.15, 0.2) is 48.8 Å². The second-order valence-electron chi connectivity index (χ2n) is 4.55. The Morgan fingerprint density at radius 2 is 2.05 bits per heavy atom. The van der Waals surface area contributed by atoms with E-state index in [1.54, 1.807) is 0 Å². The molecule has 2 N–H and O–H groups in total. The molecule has 0 aliphatic rings. The highest BCUT2D eigenvalue weighted by atomic mass is 16.5. The van der Waals surface area contributed by atoms with E-state index in [2.05, 4.69) is 21.4 Å². The predicted octanol–water partition coefficient (Wildman–Crippen LogP) is 2.83. The number of likely N-dealkylation sites (N-methyl/N-ethyl adjacent to an activating group) is 1. The molecule has 4 nitrogen and oxygen atoms in total. The summed E-state index contributed by atoms with van der Waals surface area (Å²) < 4.78 is 5.86. The van der Waals surface area contributed by atoms with Crippen molar-refractivity contribution in [3.8, 4) is 16.9 Å². The monoisotopic (exact) mass is 267 g/mol. The summed E-state index contributed by atoms with van der Waals surface area (Å²) in [6.45, 7) is 1.47. The van der Waals surface area contributed by atoms with E-state index < -0.39 is 0 Å². The van der Waals surface area contributed by atoms with Gasteiger partial charge in [0.25, 0.3) is 0 Å². The average Bonchev–Trinajstić information content (AvgIpc) is 2.96. The first kappa shape index (κ1) is 12.7. The van der Waals surface area contributed by atoms with Crippen LogP contribution in [-0.4, -0.2) is 30.2 Å². The summed E-state index contributed by atoms with van der Waals surface area (Å²) in [5.74, 6) is 0.899. The van der Waals surface area contributed by atoms with Crippen molar-refractivity contribution in [1.29, 1.82) is 0 Å². The van der Waals surface area contributed by atoms with E-state index in [-0.39, 0.29) is 0 Å². The van der Waals surface area contributed by atoms with Crippen LogP contribution in [0.4, 0.5) is 0 Å². The molecule has 0 radical (unpaired) electrons. The number of ether oxygens (including phenoxy) is 1. The first-order valence-electron chi connectivity index (χ1n) is 6.69. The van der Waals surface area contributed by atoms with Crippen molar-refractivity contribution in [2.75, 3.05) is 20.2 Å². The van der Waals surface area contributed by atoms with Crippen LogP contribution in [0.3, 0.4) is 0 Å². The fourth-order valence-corrected chi connectivity index (χ4v) is 2.27. The van der Waals surface area contributed by atoms with Gasteiger partial charge in [0.15, 0.2) is 0 Å². The maximum atomic E-state index is 5.86. The Morgan fingerprint density at radius 1 is 1.15 bits per heavy atom. The van der Waals surface area contributed by atoms with Crippen LogP contribution >= 0.6 is 0 Å². The van der Waals surface area contributed by atoms with Gasteiger partial charge in [0.05, 0.1) is 0 Å². The molecule has 20 heavy (non-hydrogen) atoms. The number of H-pyrrole nitrogens is 1. The third kappa shape index (κ3) is 2.38. The van der Waals surface area contributed by atoms with E-state index in [0.29, 0.717) is 6.61 Å². The smallest absolute Gasteiger partial charge is 0.137 e. The van der Waals surface area contributed by atoms with Gasteiger partial charge in [-0.2, -0.15) is 0 Å². The van der Waals surface area contributed by atoms with E-state index in [9.17, 15) is 0 Å². The summed E-state index contributed by atoms with van der Waals surface area (Å²) in [6.07, 6.45) is 3.73. The van der Waals surface area contributed by atoms with Crippen LogP contribution in [-0.2, 0) is 0 Å². The molecule has 0 saturated heterocycles. The number of aromatic nitrogens is 2. The van der Waals surface area contributed by atoms with Gasteiger partial charge in [-0.1, -0.05) is 18.2 Å². The van der Waals surface area contributed by atoms with Gasteiger partial charge in [0.1, 0.15) is 18.0 Å². The molecular weight excluding hydrogens is 250 g/mol. The Morgan fingerprint density at radius 3 is 2.95 bits per heavy atom. The zero-order chi connectivity index (χ0) is 13.8. The molecule has 0 amide bonds. The fourth-order valence-electron chi connectivity index (χ4n) is 2.27. The highest BCUT2D eigenvalue weighted by Crippen LogP contribution is 2.33. The quantitative estimate of drug-likeness (QED) is 0.699. The van der Waals surface area contributed by atoms with E-state index in [1.807, 2.05) is 49.8 Å². The third-order valence-corrected chi connectivity index (χ3v) is 3.25. The molecule has 0 aliphatic heterocycles. The lowest BCUT2D eigenvalue weighted by atomic mass is 10.0. The van der Waals surface area contributed by atoms with Gasteiger partial charge in [0.2, 0.25) is 0 Å². The number of nitrogens with one attached hydrogen (secondary N) is 2. The van der Waals surface area contributed by atoms with Crippen molar-refractivity contribution in [3.05, 3.63) is 48.8 Å². The van der Waals surface area contributed by atoms with Gasteiger partial charge in [-0.05, 0) is 30.8 Å². The van der Waals surface area contributed by atoms with E-state index in [1.165, 1.54) is 0 Å². The Kier molecular flexibility index (Phi) is 3.65. The zero-order valence-electron chi connectivity index (χ0n) is 11.4. The van der Waals surface area contributed by atoms with E-state index in [0.717, 1.165) is 34.5 Å². The summed E-state index contributed by atoms with van der Waals surface area (Å²) in [4.78, 5) is 7.47. The lowest BCUT2D eigenvalue weighted by Gasteiger charge is -2.12. The summed E-state index contributed by atoms with van der Waals surface area (Å²) in [5, 5.41) is 4.19. The number of pyridine rings is 1. The van der Waals surface area contributed by atoms with Gasteiger partial charge in [-0.25, -0.2) is 4.98 Å². The second-order valence-corrected chi connectivity index (χ2v) is 4.55. The molecule has 3 aromatic rings. The average molecular weight is 267 g/mol. The minimum Gasteiger partial charge on any atom is -0.492 e. The number of fused-ring (bicyclic) bond motifs is 1. The lowest BCUT2D eigenvalue weighted by Crippen LogP contribution is -2.16. The van der Waals surface area contributed by atoms with Crippen LogP contribution < -0.4 is 10.1 Å². The molecule has 1 aromatic carbocycles. The van der Waals surface area contributed by atoms with Gasteiger partial charge in [-0.15, -0.1) is 0 Å². The number of aromatic amines is 1. The standard InChI is InChI=1S/C16H17N3O/c1-17-10-11-20-15-5-3-2-4-13(15)12-6-8-18-16-14(12)7-9-19-16/h2-9,17H,10-11H2,1H3,(H,18,19). The number of para-hydroxylation sites is 1. The topological polar surface area (TPSA) is 49.9 Å². The number of hydrogen-bond donors (Lipinski definition) is 2.